The molecule has 0 aliphatic rings. The van der Waals surface area contributed by atoms with Crippen molar-refractivity contribution in [2.45, 2.75) is 19.3 Å². The Labute approximate surface area is 119 Å². The highest BCUT2D eigenvalue weighted by atomic mass is 35.5. The lowest BCUT2D eigenvalue weighted by Crippen LogP contribution is -1.90. The van der Waals surface area contributed by atoms with Gasteiger partial charge in [0.25, 0.3) is 0 Å². The van der Waals surface area contributed by atoms with E-state index < -0.39 is 5.82 Å². The van der Waals surface area contributed by atoms with Crippen LogP contribution in [0.5, 0.6) is 0 Å². The van der Waals surface area contributed by atoms with Crippen LogP contribution in [0.2, 0.25) is 0 Å². The molecule has 7 heteroatoms. The SMILES string of the molecule is Fc1ccc2[nH]ncc2c1-c1noc(CCCCCl)n1. The van der Waals surface area contributed by atoms with Crippen LogP contribution in [0, 0.1) is 5.82 Å². The number of fused-ring (bicyclic) bond motifs is 1. The molecule has 0 aliphatic heterocycles. The summed E-state index contributed by atoms with van der Waals surface area (Å²) in [5, 5.41) is 11.2. The maximum Gasteiger partial charge on any atom is 0.226 e. The second-order valence-corrected chi connectivity index (χ2v) is 4.79. The molecule has 1 N–H and O–H groups in total. The molecule has 0 unspecified atom stereocenters. The van der Waals surface area contributed by atoms with Crippen molar-refractivity contribution in [3.8, 4) is 11.4 Å². The van der Waals surface area contributed by atoms with Gasteiger partial charge in [-0.15, -0.1) is 11.6 Å². The molecule has 0 bridgehead atoms. The first-order valence-electron chi connectivity index (χ1n) is 6.30. The van der Waals surface area contributed by atoms with Crippen LogP contribution in [0.15, 0.2) is 22.9 Å². The number of hydrogen-bond acceptors (Lipinski definition) is 4. The van der Waals surface area contributed by atoms with E-state index >= 15 is 0 Å². The average Bonchev–Trinajstić information content (AvgIpc) is 3.08. The summed E-state index contributed by atoms with van der Waals surface area (Å²) >= 11 is 5.62. The second-order valence-electron chi connectivity index (χ2n) is 4.41. The molecule has 0 fully saturated rings. The highest BCUT2D eigenvalue weighted by Gasteiger charge is 2.17. The van der Waals surface area contributed by atoms with E-state index in [1.54, 1.807) is 12.3 Å². The van der Waals surface area contributed by atoms with Gasteiger partial charge >= 0.3 is 0 Å². The lowest BCUT2D eigenvalue weighted by molar-refractivity contribution is 0.375. The minimum atomic E-state index is -0.396. The zero-order valence-corrected chi connectivity index (χ0v) is 11.3. The minimum absolute atomic E-state index is 0.246. The van der Waals surface area contributed by atoms with Crippen molar-refractivity contribution in [3.63, 3.8) is 0 Å². The number of halogens is 2. The van der Waals surface area contributed by atoms with Crippen LogP contribution >= 0.6 is 11.6 Å². The Balaban J connectivity index is 1.95. The Morgan fingerprint density at radius 3 is 3.05 bits per heavy atom. The number of unbranched alkanes of at least 4 members (excludes halogenated alkanes) is 1. The Kier molecular flexibility index (Phi) is 3.64. The summed E-state index contributed by atoms with van der Waals surface area (Å²) in [4.78, 5) is 4.24. The predicted octanol–water partition coefficient (Wildman–Crippen LogP) is 3.31. The topological polar surface area (TPSA) is 67.6 Å². The molecule has 0 amide bonds. The van der Waals surface area contributed by atoms with Crippen molar-refractivity contribution in [1.29, 1.82) is 0 Å². The van der Waals surface area contributed by atoms with Crippen molar-refractivity contribution in [2.75, 3.05) is 5.88 Å². The standard InChI is InChI=1S/C13H12ClFN4O/c14-6-2-1-3-11-17-13(19-20-11)12-8-7-16-18-10(8)5-4-9(12)15/h4-5,7H,1-3,6H2,(H,16,18). The monoisotopic (exact) mass is 294 g/mol. The van der Waals surface area contributed by atoms with E-state index in [0.717, 1.165) is 18.4 Å². The molecule has 0 radical (unpaired) electrons. The van der Waals surface area contributed by atoms with Gasteiger partial charge in [-0.2, -0.15) is 10.1 Å². The molecule has 1 aromatic carbocycles. The lowest BCUT2D eigenvalue weighted by atomic mass is 10.1. The zero-order chi connectivity index (χ0) is 13.9. The maximum absolute atomic E-state index is 14.0. The lowest BCUT2D eigenvalue weighted by Gasteiger charge is -1.98. The molecular weight excluding hydrogens is 283 g/mol. The molecule has 20 heavy (non-hydrogen) atoms. The number of nitrogens with zero attached hydrogens (tertiary/aromatic N) is 3. The molecule has 0 atom stereocenters. The van der Waals surface area contributed by atoms with Gasteiger partial charge in [-0.25, -0.2) is 4.39 Å². The highest BCUT2D eigenvalue weighted by Crippen LogP contribution is 2.28. The van der Waals surface area contributed by atoms with E-state index in [4.69, 9.17) is 16.1 Å². The third kappa shape index (κ3) is 2.38. The Hall–Kier alpha value is -1.95. The molecule has 5 nitrogen and oxygen atoms in total. The van der Waals surface area contributed by atoms with Crippen molar-refractivity contribution in [2.24, 2.45) is 0 Å². The highest BCUT2D eigenvalue weighted by molar-refractivity contribution is 6.17. The molecule has 2 heterocycles. The number of nitrogens with one attached hydrogen (secondary N) is 1. The molecule has 2 aromatic heterocycles. The van der Waals surface area contributed by atoms with Crippen molar-refractivity contribution in [3.05, 3.63) is 30.0 Å². The minimum Gasteiger partial charge on any atom is -0.339 e. The van der Waals surface area contributed by atoms with Crippen LogP contribution < -0.4 is 0 Å². The summed E-state index contributed by atoms with van der Waals surface area (Å²) < 4.78 is 19.2. The van der Waals surface area contributed by atoms with Gasteiger partial charge in [0.15, 0.2) is 0 Å². The number of aromatic amines is 1. The fourth-order valence-electron chi connectivity index (χ4n) is 2.05. The van der Waals surface area contributed by atoms with Crippen LogP contribution in [0.1, 0.15) is 18.7 Å². The summed E-state index contributed by atoms with van der Waals surface area (Å²) in [5.74, 6) is 0.941. The van der Waals surface area contributed by atoms with Crippen LogP contribution in [0.3, 0.4) is 0 Å². The average molecular weight is 295 g/mol. The summed E-state index contributed by atoms with van der Waals surface area (Å²) in [6.07, 6.45) is 3.94. The van der Waals surface area contributed by atoms with Gasteiger partial charge in [0.05, 0.1) is 17.3 Å². The number of aromatic nitrogens is 4. The van der Waals surface area contributed by atoms with E-state index in [1.807, 2.05) is 0 Å². The fourth-order valence-corrected chi connectivity index (χ4v) is 2.24. The third-order valence-electron chi connectivity index (χ3n) is 3.04. The molecule has 3 rings (SSSR count). The van der Waals surface area contributed by atoms with Gasteiger partial charge in [-0.05, 0) is 25.0 Å². The molecule has 0 aliphatic carbocycles. The second kappa shape index (κ2) is 5.58. The molecule has 0 saturated carbocycles. The summed E-state index contributed by atoms with van der Waals surface area (Å²) in [6.45, 7) is 0. The summed E-state index contributed by atoms with van der Waals surface area (Å²) in [5.41, 5.74) is 1.04. The van der Waals surface area contributed by atoms with Crippen molar-refractivity contribution >= 4 is 22.5 Å². The van der Waals surface area contributed by atoms with Gasteiger partial charge in [0, 0.05) is 17.7 Å². The molecule has 104 valence electrons. The summed E-state index contributed by atoms with van der Waals surface area (Å²) in [6, 6.07) is 2.99. The Morgan fingerprint density at radius 1 is 1.30 bits per heavy atom. The van der Waals surface area contributed by atoms with E-state index in [1.165, 1.54) is 6.07 Å². The normalized spacial score (nSPS) is 11.3. The first-order chi connectivity index (χ1) is 9.79. The number of aryl methyl sites for hydroxylation is 1. The molecular formula is C13H12ClFN4O. The van der Waals surface area contributed by atoms with Crippen LogP contribution in [0.25, 0.3) is 22.3 Å². The number of hydrogen-bond donors (Lipinski definition) is 1. The van der Waals surface area contributed by atoms with Crippen LogP contribution in [-0.4, -0.2) is 26.2 Å². The Bertz CT molecular complexity index is 724. The number of benzene rings is 1. The fraction of sp³-hybridized carbons (Fsp3) is 0.308. The third-order valence-corrected chi connectivity index (χ3v) is 3.31. The first-order valence-corrected chi connectivity index (χ1v) is 6.83. The van der Waals surface area contributed by atoms with E-state index in [-0.39, 0.29) is 5.82 Å². The van der Waals surface area contributed by atoms with Gasteiger partial charge in [0.1, 0.15) is 5.82 Å². The van der Waals surface area contributed by atoms with Crippen molar-refractivity contribution < 1.29 is 8.91 Å². The first kappa shape index (κ1) is 13.1. The Morgan fingerprint density at radius 2 is 2.20 bits per heavy atom. The molecule has 3 aromatic rings. The smallest absolute Gasteiger partial charge is 0.226 e. The summed E-state index contributed by atoms with van der Waals surface area (Å²) in [7, 11) is 0. The molecule has 0 saturated heterocycles. The van der Waals surface area contributed by atoms with Gasteiger partial charge in [-0.1, -0.05) is 5.16 Å². The van der Waals surface area contributed by atoms with Crippen molar-refractivity contribution in [1.82, 2.24) is 20.3 Å². The number of H-pyrrole nitrogens is 1. The van der Waals surface area contributed by atoms with Crippen LogP contribution in [-0.2, 0) is 6.42 Å². The maximum atomic E-state index is 14.0. The quantitative estimate of drug-likeness (QED) is 0.579. The van der Waals surface area contributed by atoms with Crippen LogP contribution in [0.4, 0.5) is 4.39 Å². The van der Waals surface area contributed by atoms with Gasteiger partial charge in [-0.3, -0.25) is 5.10 Å². The van der Waals surface area contributed by atoms with Gasteiger partial charge in [0.2, 0.25) is 11.7 Å². The number of alkyl halides is 1. The van der Waals surface area contributed by atoms with E-state index in [0.29, 0.717) is 29.1 Å². The predicted molar refractivity (Wildman–Crippen MR) is 73.0 cm³/mol. The van der Waals surface area contributed by atoms with Gasteiger partial charge < -0.3 is 4.52 Å². The zero-order valence-electron chi connectivity index (χ0n) is 10.6. The van der Waals surface area contributed by atoms with E-state index in [2.05, 4.69) is 20.3 Å². The molecule has 0 spiro atoms. The van der Waals surface area contributed by atoms with E-state index in [9.17, 15) is 4.39 Å². The largest absolute Gasteiger partial charge is 0.339 e. The number of rotatable bonds is 5.